The molecule has 0 saturated heterocycles. The van der Waals surface area contributed by atoms with Crippen LogP contribution in [0, 0.1) is 11.8 Å². The van der Waals surface area contributed by atoms with E-state index >= 15 is 0 Å². The van der Waals surface area contributed by atoms with Crippen LogP contribution < -0.4 is 5.32 Å². The van der Waals surface area contributed by atoms with Gasteiger partial charge in [-0.05, 0) is 44.1 Å². The molecule has 1 saturated carbocycles. The van der Waals surface area contributed by atoms with Gasteiger partial charge in [0.05, 0.1) is 5.60 Å². The molecule has 0 spiro atoms. The van der Waals surface area contributed by atoms with Crippen molar-refractivity contribution >= 4 is 0 Å². The SMILES string of the molecule is CCCNCC1(O)CCC(C)CC1C. The third-order valence-electron chi connectivity index (χ3n) is 3.60. The normalized spacial score (nSPS) is 38.6. The maximum Gasteiger partial charge on any atom is 0.0797 e. The lowest BCUT2D eigenvalue weighted by atomic mass is 9.72. The van der Waals surface area contributed by atoms with Crippen molar-refractivity contribution in [3.8, 4) is 0 Å². The van der Waals surface area contributed by atoms with Gasteiger partial charge < -0.3 is 10.4 Å². The monoisotopic (exact) mass is 199 g/mol. The van der Waals surface area contributed by atoms with Gasteiger partial charge in [0.2, 0.25) is 0 Å². The van der Waals surface area contributed by atoms with Crippen molar-refractivity contribution < 1.29 is 5.11 Å². The maximum atomic E-state index is 10.4. The van der Waals surface area contributed by atoms with Crippen LogP contribution in [0.3, 0.4) is 0 Å². The molecule has 3 atom stereocenters. The summed E-state index contributed by atoms with van der Waals surface area (Å²) in [6, 6.07) is 0. The number of rotatable bonds is 4. The van der Waals surface area contributed by atoms with Crippen LogP contribution in [0.5, 0.6) is 0 Å². The molecule has 0 aromatic heterocycles. The van der Waals surface area contributed by atoms with Crippen LogP contribution in [-0.4, -0.2) is 23.8 Å². The maximum absolute atomic E-state index is 10.4. The van der Waals surface area contributed by atoms with E-state index in [-0.39, 0.29) is 0 Å². The molecule has 84 valence electrons. The van der Waals surface area contributed by atoms with Gasteiger partial charge in [-0.2, -0.15) is 0 Å². The molecule has 1 aliphatic rings. The molecular weight excluding hydrogens is 174 g/mol. The average Bonchev–Trinajstić information content (AvgIpc) is 2.13. The van der Waals surface area contributed by atoms with Crippen LogP contribution >= 0.6 is 0 Å². The molecule has 2 heteroatoms. The van der Waals surface area contributed by atoms with Crippen LogP contribution in [0.15, 0.2) is 0 Å². The molecule has 0 aromatic carbocycles. The summed E-state index contributed by atoms with van der Waals surface area (Å²) in [5, 5.41) is 13.8. The summed E-state index contributed by atoms with van der Waals surface area (Å²) < 4.78 is 0. The van der Waals surface area contributed by atoms with E-state index in [4.69, 9.17) is 0 Å². The van der Waals surface area contributed by atoms with Crippen molar-refractivity contribution in [2.75, 3.05) is 13.1 Å². The van der Waals surface area contributed by atoms with E-state index < -0.39 is 5.60 Å². The highest BCUT2D eigenvalue weighted by molar-refractivity contribution is 4.91. The topological polar surface area (TPSA) is 32.3 Å². The van der Waals surface area contributed by atoms with Gasteiger partial charge in [-0.25, -0.2) is 0 Å². The second-order valence-electron chi connectivity index (χ2n) is 5.06. The Labute approximate surface area is 88.1 Å². The fraction of sp³-hybridized carbons (Fsp3) is 1.00. The Hall–Kier alpha value is -0.0800. The summed E-state index contributed by atoms with van der Waals surface area (Å²) in [5.74, 6) is 1.23. The summed E-state index contributed by atoms with van der Waals surface area (Å²) in [7, 11) is 0. The lowest BCUT2D eigenvalue weighted by Gasteiger charge is -2.40. The van der Waals surface area contributed by atoms with E-state index in [1.807, 2.05) is 0 Å². The standard InChI is InChI=1S/C12H25NO/c1-4-7-13-9-12(14)6-5-10(2)8-11(12)3/h10-11,13-14H,4-9H2,1-3H3. The molecule has 0 aromatic rings. The van der Waals surface area contributed by atoms with Crippen LogP contribution in [0.1, 0.15) is 46.5 Å². The first-order valence-electron chi connectivity index (χ1n) is 6.01. The molecular formula is C12H25NO. The quantitative estimate of drug-likeness (QED) is 0.680. The Morgan fingerprint density at radius 2 is 2.14 bits per heavy atom. The molecule has 0 amide bonds. The van der Waals surface area contributed by atoms with E-state index in [0.717, 1.165) is 31.8 Å². The fourth-order valence-corrected chi connectivity index (χ4v) is 2.43. The van der Waals surface area contributed by atoms with Gasteiger partial charge in [-0.1, -0.05) is 20.8 Å². The minimum atomic E-state index is -0.443. The minimum Gasteiger partial charge on any atom is -0.388 e. The lowest BCUT2D eigenvalue weighted by Crippen LogP contribution is -2.49. The summed E-state index contributed by atoms with van der Waals surface area (Å²) in [6.07, 6.45) is 4.45. The third kappa shape index (κ3) is 2.96. The van der Waals surface area contributed by atoms with E-state index in [9.17, 15) is 5.11 Å². The van der Waals surface area contributed by atoms with Gasteiger partial charge in [-0.3, -0.25) is 0 Å². The van der Waals surface area contributed by atoms with Gasteiger partial charge in [0.1, 0.15) is 0 Å². The van der Waals surface area contributed by atoms with E-state index in [1.54, 1.807) is 0 Å². The van der Waals surface area contributed by atoms with Crippen LogP contribution in [0.2, 0.25) is 0 Å². The number of nitrogens with one attached hydrogen (secondary N) is 1. The van der Waals surface area contributed by atoms with Crippen molar-refractivity contribution in [1.82, 2.24) is 5.32 Å². The number of hydrogen-bond donors (Lipinski definition) is 2. The predicted molar refractivity (Wildman–Crippen MR) is 60.3 cm³/mol. The van der Waals surface area contributed by atoms with Crippen molar-refractivity contribution in [2.24, 2.45) is 11.8 Å². The first-order valence-corrected chi connectivity index (χ1v) is 6.01. The van der Waals surface area contributed by atoms with Crippen LogP contribution in [-0.2, 0) is 0 Å². The molecule has 1 aliphatic carbocycles. The third-order valence-corrected chi connectivity index (χ3v) is 3.60. The second-order valence-corrected chi connectivity index (χ2v) is 5.06. The molecule has 1 rings (SSSR count). The summed E-state index contributed by atoms with van der Waals surface area (Å²) in [6.45, 7) is 8.42. The molecule has 2 N–H and O–H groups in total. The smallest absolute Gasteiger partial charge is 0.0797 e. The first kappa shape index (κ1) is 12.0. The van der Waals surface area contributed by atoms with Crippen molar-refractivity contribution in [2.45, 2.75) is 52.1 Å². The first-order chi connectivity index (χ1) is 6.58. The zero-order valence-electron chi connectivity index (χ0n) is 9.84. The van der Waals surface area contributed by atoms with Crippen molar-refractivity contribution in [3.63, 3.8) is 0 Å². The average molecular weight is 199 g/mol. The van der Waals surface area contributed by atoms with Gasteiger partial charge >= 0.3 is 0 Å². The fourth-order valence-electron chi connectivity index (χ4n) is 2.43. The Balaban J connectivity index is 2.38. The molecule has 3 unspecified atom stereocenters. The van der Waals surface area contributed by atoms with Crippen molar-refractivity contribution in [1.29, 1.82) is 0 Å². The van der Waals surface area contributed by atoms with E-state index in [0.29, 0.717) is 5.92 Å². The Bertz CT molecular complexity index is 172. The molecule has 0 heterocycles. The van der Waals surface area contributed by atoms with Gasteiger partial charge in [0, 0.05) is 6.54 Å². The predicted octanol–water partition coefficient (Wildman–Crippen LogP) is 2.17. The number of aliphatic hydroxyl groups is 1. The highest BCUT2D eigenvalue weighted by Crippen LogP contribution is 2.36. The zero-order valence-corrected chi connectivity index (χ0v) is 9.84. The summed E-state index contributed by atoms with van der Waals surface area (Å²) >= 11 is 0. The molecule has 0 radical (unpaired) electrons. The molecule has 2 nitrogen and oxygen atoms in total. The Kier molecular flexibility index (Phi) is 4.39. The molecule has 14 heavy (non-hydrogen) atoms. The van der Waals surface area contributed by atoms with E-state index in [1.165, 1.54) is 12.8 Å². The summed E-state index contributed by atoms with van der Waals surface area (Å²) in [5.41, 5.74) is -0.443. The minimum absolute atomic E-state index is 0.440. The molecule has 1 fully saturated rings. The largest absolute Gasteiger partial charge is 0.388 e. The molecule has 0 aliphatic heterocycles. The number of hydrogen-bond acceptors (Lipinski definition) is 2. The Morgan fingerprint density at radius 1 is 1.43 bits per heavy atom. The Morgan fingerprint density at radius 3 is 2.71 bits per heavy atom. The molecule has 0 bridgehead atoms. The second kappa shape index (κ2) is 5.13. The van der Waals surface area contributed by atoms with Gasteiger partial charge in [0.15, 0.2) is 0 Å². The zero-order chi connectivity index (χ0) is 10.6. The summed E-state index contributed by atoms with van der Waals surface area (Å²) in [4.78, 5) is 0. The highest BCUT2D eigenvalue weighted by atomic mass is 16.3. The highest BCUT2D eigenvalue weighted by Gasteiger charge is 2.37. The van der Waals surface area contributed by atoms with Gasteiger partial charge in [-0.15, -0.1) is 0 Å². The van der Waals surface area contributed by atoms with Gasteiger partial charge in [0.25, 0.3) is 0 Å². The van der Waals surface area contributed by atoms with Crippen LogP contribution in [0.25, 0.3) is 0 Å². The van der Waals surface area contributed by atoms with Crippen LogP contribution in [0.4, 0.5) is 0 Å². The lowest BCUT2D eigenvalue weighted by molar-refractivity contribution is -0.0508. The van der Waals surface area contributed by atoms with E-state index in [2.05, 4.69) is 26.1 Å². The van der Waals surface area contributed by atoms with Crippen molar-refractivity contribution in [3.05, 3.63) is 0 Å².